The number of sulfonamides is 1. The molecule has 2 aromatic rings. The Morgan fingerprint density at radius 2 is 2.17 bits per heavy atom. The molecule has 23 heavy (non-hydrogen) atoms. The summed E-state index contributed by atoms with van der Waals surface area (Å²) in [6.07, 6.45) is 6.81. The summed E-state index contributed by atoms with van der Waals surface area (Å²) >= 11 is 0. The Balaban J connectivity index is 1.53. The standard InChI is InChI=1S/C16H24N4O2S/c1-17-23(21,22)11-3-8-20-9-5-13(6-10-20)15-12-19-16-14(15)4-2-7-18-16/h2,4,7,12-13,17H,3,5-6,8-11H2,1H3,(H,18,19). The van der Waals surface area contributed by atoms with Crippen LogP contribution in [0.3, 0.4) is 0 Å². The maximum atomic E-state index is 11.4. The minimum absolute atomic E-state index is 0.206. The largest absolute Gasteiger partial charge is 0.346 e. The molecule has 0 bridgehead atoms. The van der Waals surface area contributed by atoms with E-state index in [-0.39, 0.29) is 5.75 Å². The van der Waals surface area contributed by atoms with Crippen LogP contribution in [0.2, 0.25) is 0 Å². The van der Waals surface area contributed by atoms with Crippen LogP contribution in [0.25, 0.3) is 11.0 Å². The van der Waals surface area contributed by atoms with Gasteiger partial charge in [-0.05, 0) is 69.6 Å². The molecule has 0 aromatic carbocycles. The molecule has 1 saturated heterocycles. The lowest BCUT2D eigenvalue weighted by Crippen LogP contribution is -2.35. The van der Waals surface area contributed by atoms with Crippen molar-refractivity contribution in [3.8, 4) is 0 Å². The quantitative estimate of drug-likeness (QED) is 0.841. The van der Waals surface area contributed by atoms with E-state index in [1.54, 1.807) is 0 Å². The summed E-state index contributed by atoms with van der Waals surface area (Å²) in [6.45, 7) is 2.90. The van der Waals surface area contributed by atoms with Crippen LogP contribution in [0.1, 0.15) is 30.7 Å². The third-order valence-electron chi connectivity index (χ3n) is 4.71. The number of nitrogens with zero attached hydrogens (tertiary/aromatic N) is 2. The van der Waals surface area contributed by atoms with Gasteiger partial charge < -0.3 is 9.88 Å². The maximum Gasteiger partial charge on any atom is 0.211 e. The summed E-state index contributed by atoms with van der Waals surface area (Å²) in [5.74, 6) is 0.766. The van der Waals surface area contributed by atoms with Crippen molar-refractivity contribution in [1.29, 1.82) is 0 Å². The topological polar surface area (TPSA) is 78.1 Å². The summed E-state index contributed by atoms with van der Waals surface area (Å²) in [6, 6.07) is 4.11. The van der Waals surface area contributed by atoms with E-state index in [1.165, 1.54) is 18.0 Å². The Morgan fingerprint density at radius 1 is 1.39 bits per heavy atom. The van der Waals surface area contributed by atoms with Gasteiger partial charge in [-0.25, -0.2) is 18.1 Å². The number of pyridine rings is 1. The Morgan fingerprint density at radius 3 is 2.91 bits per heavy atom. The Kier molecular flexibility index (Phi) is 4.99. The molecule has 2 aromatic heterocycles. The molecule has 0 unspecified atom stereocenters. The summed E-state index contributed by atoms with van der Waals surface area (Å²) in [7, 11) is -1.61. The summed E-state index contributed by atoms with van der Waals surface area (Å²) < 4.78 is 25.2. The maximum absolute atomic E-state index is 11.4. The molecule has 1 aliphatic heterocycles. The van der Waals surface area contributed by atoms with Crippen LogP contribution in [0.15, 0.2) is 24.5 Å². The first-order valence-electron chi connectivity index (χ1n) is 8.14. The number of H-pyrrole nitrogens is 1. The zero-order valence-corrected chi connectivity index (χ0v) is 14.3. The van der Waals surface area contributed by atoms with Crippen LogP contribution in [0, 0.1) is 0 Å². The fraction of sp³-hybridized carbons (Fsp3) is 0.562. The first-order valence-corrected chi connectivity index (χ1v) is 9.80. The van der Waals surface area contributed by atoms with Crippen LogP contribution < -0.4 is 4.72 Å². The van der Waals surface area contributed by atoms with Crippen molar-refractivity contribution in [1.82, 2.24) is 19.6 Å². The van der Waals surface area contributed by atoms with Crippen LogP contribution >= 0.6 is 0 Å². The molecule has 1 fully saturated rings. The number of aromatic nitrogens is 2. The SMILES string of the molecule is CNS(=O)(=O)CCCN1CCC(c2c[nH]c3ncccc23)CC1. The van der Waals surface area contributed by atoms with Crippen molar-refractivity contribution in [2.24, 2.45) is 0 Å². The molecule has 0 amide bonds. The number of piperidine rings is 1. The van der Waals surface area contributed by atoms with E-state index < -0.39 is 10.0 Å². The summed E-state index contributed by atoms with van der Waals surface area (Å²) in [4.78, 5) is 9.98. The number of nitrogens with one attached hydrogen (secondary N) is 2. The predicted octanol–water partition coefficient (Wildman–Crippen LogP) is 1.68. The molecule has 0 aliphatic carbocycles. The fourth-order valence-electron chi connectivity index (χ4n) is 3.36. The molecule has 0 radical (unpaired) electrons. The first-order chi connectivity index (χ1) is 11.1. The molecular formula is C16H24N4O2S. The number of fused-ring (bicyclic) bond motifs is 1. The second-order valence-electron chi connectivity index (χ2n) is 6.14. The fourth-order valence-corrected chi connectivity index (χ4v) is 4.08. The van der Waals surface area contributed by atoms with Gasteiger partial charge in [0.15, 0.2) is 0 Å². The third kappa shape index (κ3) is 3.91. The number of rotatable bonds is 6. The molecule has 2 N–H and O–H groups in total. The zero-order chi connectivity index (χ0) is 16.3. The lowest BCUT2D eigenvalue weighted by Gasteiger charge is -2.31. The zero-order valence-electron chi connectivity index (χ0n) is 13.5. The van der Waals surface area contributed by atoms with Gasteiger partial charge in [0.2, 0.25) is 10.0 Å². The lowest BCUT2D eigenvalue weighted by molar-refractivity contribution is 0.213. The second kappa shape index (κ2) is 6.98. The molecular weight excluding hydrogens is 312 g/mol. The van der Waals surface area contributed by atoms with Gasteiger partial charge in [-0.2, -0.15) is 0 Å². The van der Waals surface area contributed by atoms with Gasteiger partial charge in [0.05, 0.1) is 5.75 Å². The summed E-state index contributed by atoms with van der Waals surface area (Å²) in [5.41, 5.74) is 2.33. The van der Waals surface area contributed by atoms with E-state index in [0.717, 1.165) is 38.1 Å². The van der Waals surface area contributed by atoms with Crippen molar-refractivity contribution < 1.29 is 8.42 Å². The molecule has 3 rings (SSSR count). The molecule has 6 nitrogen and oxygen atoms in total. The highest BCUT2D eigenvalue weighted by atomic mass is 32.2. The normalized spacial score (nSPS) is 17.8. The molecule has 1 aliphatic rings. The third-order valence-corrected chi connectivity index (χ3v) is 6.16. The van der Waals surface area contributed by atoms with Crippen molar-refractivity contribution in [2.75, 3.05) is 32.4 Å². The number of hydrogen-bond donors (Lipinski definition) is 2. The molecule has 3 heterocycles. The van der Waals surface area contributed by atoms with Crippen molar-refractivity contribution in [3.63, 3.8) is 0 Å². The van der Waals surface area contributed by atoms with Crippen LogP contribution in [0.5, 0.6) is 0 Å². The number of likely N-dealkylation sites (tertiary alicyclic amines) is 1. The highest BCUT2D eigenvalue weighted by Gasteiger charge is 2.23. The van der Waals surface area contributed by atoms with Gasteiger partial charge in [-0.15, -0.1) is 0 Å². The van der Waals surface area contributed by atoms with Gasteiger partial charge >= 0.3 is 0 Å². The van der Waals surface area contributed by atoms with Crippen molar-refractivity contribution in [2.45, 2.75) is 25.2 Å². The lowest BCUT2D eigenvalue weighted by atomic mass is 9.89. The van der Waals surface area contributed by atoms with Crippen molar-refractivity contribution >= 4 is 21.1 Å². The second-order valence-corrected chi connectivity index (χ2v) is 8.18. The van der Waals surface area contributed by atoms with E-state index >= 15 is 0 Å². The van der Waals surface area contributed by atoms with E-state index in [1.807, 2.05) is 12.3 Å². The van der Waals surface area contributed by atoms with Gasteiger partial charge in [-0.3, -0.25) is 0 Å². The molecule has 0 spiro atoms. The van der Waals surface area contributed by atoms with Gasteiger partial charge in [-0.1, -0.05) is 0 Å². The summed E-state index contributed by atoms with van der Waals surface area (Å²) in [5, 5.41) is 1.23. The van der Waals surface area contributed by atoms with Crippen LogP contribution in [0.4, 0.5) is 0 Å². The smallest absolute Gasteiger partial charge is 0.211 e. The van der Waals surface area contributed by atoms with Gasteiger partial charge in [0.1, 0.15) is 5.65 Å². The highest BCUT2D eigenvalue weighted by molar-refractivity contribution is 7.89. The average molecular weight is 336 g/mol. The predicted molar refractivity (Wildman–Crippen MR) is 92.0 cm³/mol. The van der Waals surface area contributed by atoms with Crippen LogP contribution in [-0.2, 0) is 10.0 Å². The molecule has 0 atom stereocenters. The Hall–Kier alpha value is -1.44. The van der Waals surface area contributed by atoms with E-state index in [2.05, 4.69) is 31.9 Å². The molecule has 0 saturated carbocycles. The van der Waals surface area contributed by atoms with Gasteiger partial charge in [0.25, 0.3) is 0 Å². The van der Waals surface area contributed by atoms with Crippen molar-refractivity contribution in [3.05, 3.63) is 30.1 Å². The average Bonchev–Trinajstić information content (AvgIpc) is 2.99. The van der Waals surface area contributed by atoms with Crippen LogP contribution in [-0.4, -0.2) is 55.7 Å². The van der Waals surface area contributed by atoms with E-state index in [9.17, 15) is 8.42 Å². The monoisotopic (exact) mass is 336 g/mol. The number of hydrogen-bond acceptors (Lipinski definition) is 4. The first kappa shape index (κ1) is 16.4. The molecule has 126 valence electrons. The number of aromatic amines is 1. The minimum atomic E-state index is -3.08. The Bertz CT molecular complexity index is 748. The highest BCUT2D eigenvalue weighted by Crippen LogP contribution is 2.32. The Labute approximate surface area is 137 Å². The van der Waals surface area contributed by atoms with E-state index in [0.29, 0.717) is 12.3 Å². The van der Waals surface area contributed by atoms with Gasteiger partial charge in [0, 0.05) is 17.8 Å². The molecule has 7 heteroatoms. The minimum Gasteiger partial charge on any atom is -0.346 e. The van der Waals surface area contributed by atoms with E-state index in [4.69, 9.17) is 0 Å².